The summed E-state index contributed by atoms with van der Waals surface area (Å²) in [4.78, 5) is 0. The molecular formula is C23H19FN2O. The van der Waals surface area contributed by atoms with Crippen molar-refractivity contribution in [2.75, 3.05) is 0 Å². The summed E-state index contributed by atoms with van der Waals surface area (Å²) in [7, 11) is 0. The van der Waals surface area contributed by atoms with Gasteiger partial charge >= 0.3 is 0 Å². The molecule has 0 saturated heterocycles. The molecule has 0 saturated carbocycles. The zero-order valence-corrected chi connectivity index (χ0v) is 15.0. The number of hydrogen-bond donors (Lipinski definition) is 0. The molecule has 27 heavy (non-hydrogen) atoms. The third-order valence-electron chi connectivity index (χ3n) is 5.24. The van der Waals surface area contributed by atoms with Gasteiger partial charge in [0.25, 0.3) is 0 Å². The Morgan fingerprint density at radius 2 is 1.70 bits per heavy atom. The smallest absolute Gasteiger partial charge is 0.213 e. The largest absolute Gasteiger partial charge is 0.464 e. The second-order valence-corrected chi connectivity index (χ2v) is 7.07. The lowest BCUT2D eigenvalue weighted by atomic mass is 9.96. The van der Waals surface area contributed by atoms with Gasteiger partial charge in [0.05, 0.1) is 11.8 Å². The SMILES string of the molecule is Cc1ccc([C@H]2Oc3ccccc3[C@@H]3CC(c4ccc(F)cc4)=NN23)cc1. The summed E-state index contributed by atoms with van der Waals surface area (Å²) in [6, 6.07) is 23.2. The Kier molecular flexibility index (Phi) is 3.71. The highest BCUT2D eigenvalue weighted by Gasteiger charge is 2.40. The molecule has 0 bridgehead atoms. The molecule has 134 valence electrons. The molecule has 0 aliphatic carbocycles. The van der Waals surface area contributed by atoms with Crippen LogP contribution in [0, 0.1) is 12.7 Å². The maximum atomic E-state index is 13.3. The number of ether oxygens (including phenoxy) is 1. The number of halogens is 1. The molecule has 3 aromatic rings. The number of fused-ring (bicyclic) bond motifs is 3. The molecule has 5 rings (SSSR count). The molecule has 0 unspecified atom stereocenters. The summed E-state index contributed by atoms with van der Waals surface area (Å²) >= 11 is 0. The van der Waals surface area contributed by atoms with Crippen LogP contribution in [0.4, 0.5) is 4.39 Å². The van der Waals surface area contributed by atoms with Crippen LogP contribution in [-0.2, 0) is 0 Å². The van der Waals surface area contributed by atoms with Crippen molar-refractivity contribution in [3.63, 3.8) is 0 Å². The van der Waals surface area contributed by atoms with Gasteiger partial charge in [-0.2, -0.15) is 5.10 Å². The third kappa shape index (κ3) is 2.78. The van der Waals surface area contributed by atoms with Crippen LogP contribution in [0.3, 0.4) is 0 Å². The van der Waals surface area contributed by atoms with Crippen molar-refractivity contribution < 1.29 is 9.13 Å². The van der Waals surface area contributed by atoms with E-state index in [-0.39, 0.29) is 18.1 Å². The maximum absolute atomic E-state index is 13.3. The van der Waals surface area contributed by atoms with Crippen molar-refractivity contribution in [2.45, 2.75) is 25.6 Å². The minimum Gasteiger partial charge on any atom is -0.464 e. The highest BCUT2D eigenvalue weighted by atomic mass is 19.1. The fourth-order valence-corrected chi connectivity index (χ4v) is 3.80. The summed E-state index contributed by atoms with van der Waals surface area (Å²) < 4.78 is 19.6. The van der Waals surface area contributed by atoms with Crippen LogP contribution in [0.15, 0.2) is 77.9 Å². The lowest BCUT2D eigenvalue weighted by Crippen LogP contribution is -2.33. The predicted molar refractivity (Wildman–Crippen MR) is 103 cm³/mol. The first-order valence-electron chi connectivity index (χ1n) is 9.13. The molecule has 2 heterocycles. The zero-order chi connectivity index (χ0) is 18.4. The second-order valence-electron chi connectivity index (χ2n) is 7.07. The summed E-state index contributed by atoms with van der Waals surface area (Å²) in [5, 5.41) is 6.94. The molecule has 2 atom stereocenters. The summed E-state index contributed by atoms with van der Waals surface area (Å²) in [6.07, 6.45) is 0.498. The van der Waals surface area contributed by atoms with Gasteiger partial charge in [-0.15, -0.1) is 0 Å². The summed E-state index contributed by atoms with van der Waals surface area (Å²) in [6.45, 7) is 2.07. The van der Waals surface area contributed by atoms with Crippen LogP contribution in [0.2, 0.25) is 0 Å². The standard InChI is InChI=1S/C23H19FN2O/c1-15-6-8-17(9-7-15)23-26-21(19-4-2-3-5-22(19)27-23)14-20(25-26)16-10-12-18(24)13-11-16/h2-13,21,23H,14H2,1H3/t21-,23+/m0/s1. The topological polar surface area (TPSA) is 24.8 Å². The highest BCUT2D eigenvalue weighted by molar-refractivity contribution is 6.01. The van der Waals surface area contributed by atoms with E-state index in [1.807, 2.05) is 23.2 Å². The van der Waals surface area contributed by atoms with Gasteiger partial charge in [0.2, 0.25) is 6.23 Å². The van der Waals surface area contributed by atoms with Gasteiger partial charge in [-0.3, -0.25) is 0 Å². The van der Waals surface area contributed by atoms with E-state index in [9.17, 15) is 4.39 Å². The normalized spacial score (nSPS) is 20.5. The van der Waals surface area contributed by atoms with Crippen molar-refractivity contribution in [1.82, 2.24) is 5.01 Å². The molecule has 3 aromatic carbocycles. The molecule has 2 aliphatic heterocycles. The van der Waals surface area contributed by atoms with Gasteiger partial charge in [0, 0.05) is 17.5 Å². The van der Waals surface area contributed by atoms with Crippen molar-refractivity contribution in [1.29, 1.82) is 0 Å². The molecule has 4 heteroatoms. The van der Waals surface area contributed by atoms with E-state index in [0.29, 0.717) is 0 Å². The van der Waals surface area contributed by atoms with Gasteiger partial charge in [-0.25, -0.2) is 9.40 Å². The van der Waals surface area contributed by atoms with E-state index in [1.165, 1.54) is 17.7 Å². The Labute approximate surface area is 157 Å². The van der Waals surface area contributed by atoms with Crippen LogP contribution in [-0.4, -0.2) is 10.7 Å². The number of aryl methyl sites for hydroxylation is 1. The molecule has 0 aromatic heterocycles. The molecule has 2 aliphatic rings. The number of rotatable bonds is 2. The molecule has 0 radical (unpaired) electrons. The Balaban J connectivity index is 1.58. The Morgan fingerprint density at radius 3 is 2.48 bits per heavy atom. The van der Waals surface area contributed by atoms with E-state index >= 15 is 0 Å². The number of hydrogen-bond acceptors (Lipinski definition) is 3. The third-order valence-corrected chi connectivity index (χ3v) is 5.24. The Morgan fingerprint density at radius 1 is 0.963 bits per heavy atom. The van der Waals surface area contributed by atoms with Gasteiger partial charge in [-0.1, -0.05) is 60.2 Å². The Hall–Kier alpha value is -3.14. The number of benzene rings is 3. The molecule has 0 spiro atoms. The maximum Gasteiger partial charge on any atom is 0.213 e. The highest BCUT2D eigenvalue weighted by Crippen LogP contribution is 2.47. The van der Waals surface area contributed by atoms with Crippen molar-refractivity contribution in [3.8, 4) is 5.75 Å². The average Bonchev–Trinajstić information content (AvgIpc) is 3.14. The zero-order valence-electron chi connectivity index (χ0n) is 15.0. The van der Waals surface area contributed by atoms with Crippen LogP contribution >= 0.6 is 0 Å². The lowest BCUT2D eigenvalue weighted by Gasteiger charge is -2.38. The van der Waals surface area contributed by atoms with Gasteiger partial charge in [-0.05, 0) is 30.7 Å². The molecule has 0 amide bonds. The van der Waals surface area contributed by atoms with Gasteiger partial charge < -0.3 is 4.74 Å². The van der Waals surface area contributed by atoms with Crippen LogP contribution < -0.4 is 4.74 Å². The Bertz CT molecular complexity index is 1010. The predicted octanol–water partition coefficient (Wildman–Crippen LogP) is 5.38. The average molecular weight is 358 g/mol. The number of para-hydroxylation sites is 1. The van der Waals surface area contributed by atoms with E-state index < -0.39 is 0 Å². The quantitative estimate of drug-likeness (QED) is 0.615. The van der Waals surface area contributed by atoms with E-state index in [0.717, 1.165) is 34.6 Å². The molecule has 0 fully saturated rings. The summed E-state index contributed by atoms with van der Waals surface area (Å²) in [5.74, 6) is 0.668. The minimum atomic E-state index is -0.275. The van der Waals surface area contributed by atoms with Gasteiger partial charge in [0.15, 0.2) is 0 Å². The van der Waals surface area contributed by atoms with Crippen molar-refractivity contribution >= 4 is 5.71 Å². The van der Waals surface area contributed by atoms with Crippen molar-refractivity contribution in [3.05, 3.63) is 101 Å². The number of hydrazone groups is 1. The first-order chi connectivity index (χ1) is 13.2. The monoisotopic (exact) mass is 358 g/mol. The van der Waals surface area contributed by atoms with Crippen LogP contribution in [0.25, 0.3) is 0 Å². The fraction of sp³-hybridized carbons (Fsp3) is 0.174. The number of nitrogens with zero attached hydrogens (tertiary/aromatic N) is 2. The lowest BCUT2D eigenvalue weighted by molar-refractivity contribution is -0.0190. The summed E-state index contributed by atoms with van der Waals surface area (Å²) in [5.41, 5.74) is 5.33. The fourth-order valence-electron chi connectivity index (χ4n) is 3.80. The van der Waals surface area contributed by atoms with E-state index in [4.69, 9.17) is 9.84 Å². The minimum absolute atomic E-state index is 0.112. The van der Waals surface area contributed by atoms with E-state index in [2.05, 4.69) is 37.3 Å². The van der Waals surface area contributed by atoms with Crippen LogP contribution in [0.5, 0.6) is 5.75 Å². The van der Waals surface area contributed by atoms with E-state index in [1.54, 1.807) is 12.1 Å². The molecular weight excluding hydrogens is 339 g/mol. The second kappa shape index (κ2) is 6.23. The first-order valence-corrected chi connectivity index (χ1v) is 9.13. The van der Waals surface area contributed by atoms with Crippen LogP contribution in [0.1, 0.15) is 40.9 Å². The molecule has 0 N–H and O–H groups in total. The van der Waals surface area contributed by atoms with Gasteiger partial charge in [0.1, 0.15) is 11.6 Å². The van der Waals surface area contributed by atoms with Crippen molar-refractivity contribution in [2.24, 2.45) is 5.10 Å². The first kappa shape index (κ1) is 16.1. The molecule has 3 nitrogen and oxygen atoms in total.